The van der Waals surface area contributed by atoms with E-state index in [2.05, 4.69) is 4.72 Å². The zero-order valence-electron chi connectivity index (χ0n) is 8.80. The van der Waals surface area contributed by atoms with Crippen LogP contribution in [0.2, 0.25) is 0 Å². The number of carbonyl (C=O) groups is 1. The van der Waals surface area contributed by atoms with Crippen molar-refractivity contribution in [2.24, 2.45) is 0 Å². The minimum atomic E-state index is -3.69. The Morgan fingerprint density at radius 1 is 1.50 bits per heavy atom. The van der Waals surface area contributed by atoms with Crippen molar-refractivity contribution in [2.45, 2.75) is 12.0 Å². The lowest BCUT2D eigenvalue weighted by Crippen LogP contribution is -2.27. The molecule has 0 unspecified atom stereocenters. The molecule has 6 nitrogen and oxygen atoms in total. The van der Waals surface area contributed by atoms with E-state index in [1.165, 1.54) is 12.1 Å². The fourth-order valence-electron chi connectivity index (χ4n) is 1.01. The van der Waals surface area contributed by atoms with Crippen LogP contribution in [-0.2, 0) is 14.8 Å². The van der Waals surface area contributed by atoms with Gasteiger partial charge < -0.3 is 9.15 Å². The second kappa shape index (κ2) is 5.78. The fraction of sp³-hybridized carbons (Fsp3) is 0.444. The van der Waals surface area contributed by atoms with Crippen molar-refractivity contribution in [1.82, 2.24) is 4.72 Å². The van der Waals surface area contributed by atoms with Gasteiger partial charge in [-0.25, -0.2) is 13.1 Å². The topological polar surface area (TPSA) is 85.6 Å². The molecule has 1 aromatic heterocycles. The summed E-state index contributed by atoms with van der Waals surface area (Å²) >= 11 is 0. The monoisotopic (exact) mass is 247 g/mol. The minimum Gasteiger partial charge on any atom is -0.440 e. The standard InChI is InChI=1S/C9H13NO5S/c1-2-14-6-5-10-16(12,13)9-4-3-8(7-11)15-9/h3-4,7,10H,2,5-6H2,1H3. The van der Waals surface area contributed by atoms with Gasteiger partial charge in [0.1, 0.15) is 0 Å². The second-order valence-corrected chi connectivity index (χ2v) is 4.57. The SMILES string of the molecule is CCOCCNS(=O)(=O)c1ccc(C=O)o1. The summed E-state index contributed by atoms with van der Waals surface area (Å²) in [5.41, 5.74) is 0. The summed E-state index contributed by atoms with van der Waals surface area (Å²) in [6.07, 6.45) is 0.444. The minimum absolute atomic E-state index is 0.0230. The number of rotatable bonds is 7. The van der Waals surface area contributed by atoms with E-state index in [1.54, 1.807) is 0 Å². The molecule has 0 saturated heterocycles. The van der Waals surface area contributed by atoms with Crippen LogP contribution < -0.4 is 4.72 Å². The first kappa shape index (κ1) is 12.9. The van der Waals surface area contributed by atoms with E-state index in [4.69, 9.17) is 9.15 Å². The Morgan fingerprint density at radius 2 is 2.25 bits per heavy atom. The first-order chi connectivity index (χ1) is 7.60. The van der Waals surface area contributed by atoms with Gasteiger partial charge in [0.15, 0.2) is 12.0 Å². The van der Waals surface area contributed by atoms with Crippen LogP contribution in [0.3, 0.4) is 0 Å². The molecule has 0 aromatic carbocycles. The maximum absolute atomic E-state index is 11.5. The third-order valence-electron chi connectivity index (χ3n) is 1.73. The maximum atomic E-state index is 11.5. The average molecular weight is 247 g/mol. The average Bonchev–Trinajstić information content (AvgIpc) is 2.73. The van der Waals surface area contributed by atoms with E-state index in [0.29, 0.717) is 12.9 Å². The molecule has 0 fully saturated rings. The third kappa shape index (κ3) is 3.44. The van der Waals surface area contributed by atoms with Crippen molar-refractivity contribution >= 4 is 16.3 Å². The van der Waals surface area contributed by atoms with Crippen LogP contribution in [0.5, 0.6) is 0 Å². The van der Waals surface area contributed by atoms with Crippen molar-refractivity contribution in [2.75, 3.05) is 19.8 Å². The second-order valence-electron chi connectivity index (χ2n) is 2.87. The molecule has 0 saturated carbocycles. The van der Waals surface area contributed by atoms with E-state index in [-0.39, 0.29) is 24.0 Å². The normalized spacial score (nSPS) is 11.6. The van der Waals surface area contributed by atoms with Gasteiger partial charge in [0, 0.05) is 13.2 Å². The number of ether oxygens (including phenoxy) is 1. The molecular formula is C9H13NO5S. The molecule has 0 aliphatic rings. The van der Waals surface area contributed by atoms with Crippen LogP contribution in [0.15, 0.2) is 21.6 Å². The van der Waals surface area contributed by atoms with Gasteiger partial charge in [-0.1, -0.05) is 0 Å². The number of furan rings is 1. The molecular weight excluding hydrogens is 234 g/mol. The van der Waals surface area contributed by atoms with Crippen LogP contribution in [0.4, 0.5) is 0 Å². The van der Waals surface area contributed by atoms with Crippen LogP contribution in [0, 0.1) is 0 Å². The Labute approximate surface area is 93.6 Å². The number of hydrogen-bond donors (Lipinski definition) is 1. The summed E-state index contributed by atoms with van der Waals surface area (Å²) in [5, 5.41) is -0.272. The van der Waals surface area contributed by atoms with Gasteiger partial charge in [0.05, 0.1) is 6.61 Å². The Bertz CT molecular complexity index is 437. The lowest BCUT2D eigenvalue weighted by Gasteiger charge is -2.03. The molecule has 0 atom stereocenters. The van der Waals surface area contributed by atoms with Gasteiger partial charge in [-0.05, 0) is 19.1 Å². The zero-order chi connectivity index (χ0) is 12.0. The van der Waals surface area contributed by atoms with Crippen molar-refractivity contribution in [3.8, 4) is 0 Å². The van der Waals surface area contributed by atoms with Gasteiger partial charge in [-0.2, -0.15) is 0 Å². The largest absolute Gasteiger partial charge is 0.440 e. The van der Waals surface area contributed by atoms with Crippen molar-refractivity contribution in [1.29, 1.82) is 0 Å². The third-order valence-corrected chi connectivity index (χ3v) is 3.06. The van der Waals surface area contributed by atoms with Gasteiger partial charge in [0.25, 0.3) is 10.0 Å². The fourth-order valence-corrected chi connectivity index (χ4v) is 1.95. The zero-order valence-corrected chi connectivity index (χ0v) is 9.62. The lowest BCUT2D eigenvalue weighted by atomic mass is 10.5. The summed E-state index contributed by atoms with van der Waals surface area (Å²) in [7, 11) is -3.69. The highest BCUT2D eigenvalue weighted by atomic mass is 32.2. The molecule has 0 amide bonds. The quantitative estimate of drug-likeness (QED) is 0.557. The van der Waals surface area contributed by atoms with E-state index in [9.17, 15) is 13.2 Å². The predicted molar refractivity (Wildman–Crippen MR) is 55.8 cm³/mol. The van der Waals surface area contributed by atoms with Gasteiger partial charge in [-0.15, -0.1) is 0 Å². The maximum Gasteiger partial charge on any atom is 0.274 e. The summed E-state index contributed by atoms with van der Waals surface area (Å²) in [6, 6.07) is 2.52. The number of aldehydes is 1. The molecule has 0 radical (unpaired) electrons. The van der Waals surface area contributed by atoms with Gasteiger partial charge >= 0.3 is 0 Å². The Kier molecular flexibility index (Phi) is 4.66. The van der Waals surface area contributed by atoms with E-state index >= 15 is 0 Å². The Balaban J connectivity index is 2.59. The predicted octanol–water partition coefficient (Wildman–Crippen LogP) is 0.407. The van der Waals surface area contributed by atoms with Gasteiger partial charge in [-0.3, -0.25) is 4.79 Å². The molecule has 1 N–H and O–H groups in total. The number of hydrogen-bond acceptors (Lipinski definition) is 5. The summed E-state index contributed by atoms with van der Waals surface area (Å²) < 4.78 is 35.2. The number of sulfonamides is 1. The highest BCUT2D eigenvalue weighted by molar-refractivity contribution is 7.89. The van der Waals surface area contributed by atoms with Gasteiger partial charge in [0.2, 0.25) is 5.09 Å². The van der Waals surface area contributed by atoms with Crippen LogP contribution >= 0.6 is 0 Å². The summed E-state index contributed by atoms with van der Waals surface area (Å²) in [6.45, 7) is 2.79. The van der Waals surface area contributed by atoms with Crippen LogP contribution in [0.1, 0.15) is 17.5 Å². The highest BCUT2D eigenvalue weighted by Gasteiger charge is 2.17. The lowest BCUT2D eigenvalue weighted by molar-refractivity contribution is 0.109. The molecule has 0 bridgehead atoms. The Morgan fingerprint density at radius 3 is 2.81 bits per heavy atom. The molecule has 90 valence electrons. The van der Waals surface area contributed by atoms with E-state index < -0.39 is 10.0 Å². The molecule has 0 aliphatic carbocycles. The molecule has 0 aliphatic heterocycles. The highest BCUT2D eigenvalue weighted by Crippen LogP contribution is 2.11. The van der Waals surface area contributed by atoms with Crippen LogP contribution in [-0.4, -0.2) is 34.5 Å². The molecule has 1 rings (SSSR count). The summed E-state index contributed by atoms with van der Waals surface area (Å²) in [4.78, 5) is 10.3. The molecule has 16 heavy (non-hydrogen) atoms. The Hall–Kier alpha value is -1.18. The molecule has 7 heteroatoms. The molecule has 1 aromatic rings. The van der Waals surface area contributed by atoms with Crippen molar-refractivity contribution in [3.05, 3.63) is 17.9 Å². The van der Waals surface area contributed by atoms with E-state index in [1.807, 2.05) is 6.92 Å². The first-order valence-electron chi connectivity index (χ1n) is 4.72. The number of nitrogens with one attached hydrogen (secondary N) is 1. The molecule has 1 heterocycles. The first-order valence-corrected chi connectivity index (χ1v) is 6.21. The van der Waals surface area contributed by atoms with Crippen molar-refractivity contribution in [3.63, 3.8) is 0 Å². The van der Waals surface area contributed by atoms with E-state index in [0.717, 1.165) is 0 Å². The smallest absolute Gasteiger partial charge is 0.274 e. The van der Waals surface area contributed by atoms with Crippen molar-refractivity contribution < 1.29 is 22.4 Å². The molecule has 0 spiro atoms. The van der Waals surface area contributed by atoms with Crippen LogP contribution in [0.25, 0.3) is 0 Å². The summed E-state index contributed by atoms with van der Waals surface area (Å²) in [5.74, 6) is -0.0230. The number of carbonyl (C=O) groups excluding carboxylic acids is 1.